The standard InChI is InChI=1S/C22H12F3N3O6/c23-22(24,25)19-16(20(29)27(26-19)13-5-3-4-12(10-13)21(30)31)11-14-8-9-18(34-14)15-6-1-2-7-17(15)28(32)33/h1-11H,(H,30,31)/p-1/b16-11+. The van der Waals surface area contributed by atoms with Gasteiger partial charge in [0.05, 0.1) is 27.7 Å². The first-order valence-corrected chi connectivity index (χ1v) is 9.43. The van der Waals surface area contributed by atoms with Crippen molar-refractivity contribution in [2.45, 2.75) is 6.18 Å². The van der Waals surface area contributed by atoms with Gasteiger partial charge in [-0.3, -0.25) is 14.9 Å². The molecule has 34 heavy (non-hydrogen) atoms. The molecule has 3 aromatic rings. The van der Waals surface area contributed by atoms with E-state index in [0.29, 0.717) is 5.01 Å². The van der Waals surface area contributed by atoms with Crippen molar-refractivity contribution in [2.24, 2.45) is 5.10 Å². The number of nitro benzene ring substituents is 1. The van der Waals surface area contributed by atoms with Crippen molar-refractivity contribution in [3.05, 3.63) is 87.7 Å². The number of amides is 1. The smallest absolute Gasteiger partial charge is 0.435 e. The Kier molecular flexibility index (Phi) is 5.49. The molecule has 0 unspecified atom stereocenters. The van der Waals surface area contributed by atoms with Gasteiger partial charge < -0.3 is 14.3 Å². The number of nitrogens with zero attached hydrogens (tertiary/aromatic N) is 3. The van der Waals surface area contributed by atoms with E-state index in [2.05, 4.69) is 5.10 Å². The van der Waals surface area contributed by atoms with Gasteiger partial charge in [-0.25, -0.2) is 0 Å². The average molecular weight is 470 g/mol. The molecule has 4 rings (SSSR count). The second-order valence-electron chi connectivity index (χ2n) is 6.94. The Labute approximate surface area is 188 Å². The molecule has 1 amide bonds. The van der Waals surface area contributed by atoms with E-state index in [-0.39, 0.29) is 34.0 Å². The maximum atomic E-state index is 13.6. The summed E-state index contributed by atoms with van der Waals surface area (Å²) in [6, 6.07) is 12.7. The first kappa shape index (κ1) is 22.5. The molecule has 0 saturated heterocycles. The molecule has 0 bridgehead atoms. The highest BCUT2D eigenvalue weighted by molar-refractivity contribution is 6.34. The number of hydrogen-bond acceptors (Lipinski definition) is 7. The Morgan fingerprint density at radius 1 is 1.09 bits per heavy atom. The summed E-state index contributed by atoms with van der Waals surface area (Å²) < 4.78 is 46.4. The zero-order valence-corrected chi connectivity index (χ0v) is 16.8. The van der Waals surface area contributed by atoms with Crippen LogP contribution in [-0.2, 0) is 4.79 Å². The molecule has 0 fully saturated rings. The topological polar surface area (TPSA) is 129 Å². The molecule has 1 aliphatic heterocycles. The van der Waals surface area contributed by atoms with Gasteiger partial charge in [-0.2, -0.15) is 23.3 Å². The molecule has 172 valence electrons. The van der Waals surface area contributed by atoms with Gasteiger partial charge in [-0.05, 0) is 42.0 Å². The van der Waals surface area contributed by atoms with E-state index in [1.807, 2.05) is 0 Å². The highest BCUT2D eigenvalue weighted by Gasteiger charge is 2.47. The lowest BCUT2D eigenvalue weighted by molar-refractivity contribution is -0.384. The molecule has 0 aliphatic carbocycles. The van der Waals surface area contributed by atoms with Crippen LogP contribution >= 0.6 is 0 Å². The average Bonchev–Trinajstić information content (AvgIpc) is 3.39. The van der Waals surface area contributed by atoms with Gasteiger partial charge in [0.2, 0.25) is 0 Å². The van der Waals surface area contributed by atoms with Crippen LogP contribution in [0.4, 0.5) is 24.5 Å². The van der Waals surface area contributed by atoms with Crippen molar-refractivity contribution in [1.29, 1.82) is 0 Å². The Hall–Kier alpha value is -4.74. The Morgan fingerprint density at radius 3 is 2.50 bits per heavy atom. The van der Waals surface area contributed by atoms with E-state index in [4.69, 9.17) is 4.42 Å². The van der Waals surface area contributed by atoms with Crippen LogP contribution in [0.3, 0.4) is 0 Å². The van der Waals surface area contributed by atoms with Crippen molar-refractivity contribution in [3.63, 3.8) is 0 Å². The van der Waals surface area contributed by atoms with Gasteiger partial charge in [-0.15, -0.1) is 0 Å². The highest BCUT2D eigenvalue weighted by Crippen LogP contribution is 2.35. The molecule has 12 heteroatoms. The fourth-order valence-electron chi connectivity index (χ4n) is 3.25. The minimum Gasteiger partial charge on any atom is -0.545 e. The second-order valence-corrected chi connectivity index (χ2v) is 6.94. The second kappa shape index (κ2) is 8.31. The van der Waals surface area contributed by atoms with Crippen LogP contribution in [0.25, 0.3) is 17.4 Å². The number of rotatable bonds is 5. The molecule has 2 heterocycles. The Balaban J connectivity index is 1.75. The molecule has 0 atom stereocenters. The van der Waals surface area contributed by atoms with Crippen LogP contribution < -0.4 is 10.1 Å². The zero-order valence-electron chi connectivity index (χ0n) is 16.8. The van der Waals surface area contributed by atoms with Crippen molar-refractivity contribution in [3.8, 4) is 11.3 Å². The summed E-state index contributed by atoms with van der Waals surface area (Å²) in [5.41, 5.74) is -3.11. The number of carboxylic acids is 1. The van der Waals surface area contributed by atoms with Crippen LogP contribution in [0.5, 0.6) is 0 Å². The molecule has 1 aliphatic rings. The van der Waals surface area contributed by atoms with Gasteiger partial charge in [0, 0.05) is 6.07 Å². The summed E-state index contributed by atoms with van der Waals surface area (Å²) >= 11 is 0. The molecule has 9 nitrogen and oxygen atoms in total. The van der Waals surface area contributed by atoms with Crippen molar-refractivity contribution in [2.75, 3.05) is 5.01 Å². The summed E-state index contributed by atoms with van der Waals surface area (Å²) in [5.74, 6) is -2.93. The number of benzene rings is 2. The maximum absolute atomic E-state index is 13.6. The number of nitro groups is 1. The van der Waals surface area contributed by atoms with Crippen molar-refractivity contribution < 1.29 is 37.2 Å². The largest absolute Gasteiger partial charge is 0.545 e. The van der Waals surface area contributed by atoms with Gasteiger partial charge in [0.1, 0.15) is 11.5 Å². The van der Waals surface area contributed by atoms with Crippen LogP contribution in [0.2, 0.25) is 0 Å². The van der Waals surface area contributed by atoms with E-state index >= 15 is 0 Å². The van der Waals surface area contributed by atoms with E-state index < -0.39 is 34.3 Å². The number of hydrazone groups is 1. The number of carbonyl (C=O) groups excluding carboxylic acids is 2. The number of furan rings is 1. The quantitative estimate of drug-likeness (QED) is 0.319. The number of aromatic carboxylic acids is 1. The van der Waals surface area contributed by atoms with Gasteiger partial charge in [0.15, 0.2) is 5.71 Å². The van der Waals surface area contributed by atoms with E-state index in [9.17, 15) is 38.0 Å². The fraction of sp³-hybridized carbons (Fsp3) is 0.0455. The molecule has 1 aromatic heterocycles. The number of carboxylic acid groups (broad SMARTS) is 1. The number of anilines is 1. The molecular weight excluding hydrogens is 459 g/mol. The summed E-state index contributed by atoms with van der Waals surface area (Å²) in [6.45, 7) is 0. The van der Waals surface area contributed by atoms with Crippen LogP contribution in [-0.4, -0.2) is 28.7 Å². The normalized spacial score (nSPS) is 15.0. The minimum absolute atomic E-state index is 0.00797. The minimum atomic E-state index is -5.02. The summed E-state index contributed by atoms with van der Waals surface area (Å²) in [4.78, 5) is 34.5. The third-order valence-corrected chi connectivity index (χ3v) is 4.75. The van der Waals surface area contributed by atoms with E-state index in [0.717, 1.165) is 18.2 Å². The fourth-order valence-corrected chi connectivity index (χ4v) is 3.25. The molecule has 0 spiro atoms. The number of halogens is 3. The number of para-hydroxylation sites is 1. The predicted octanol–water partition coefficient (Wildman–Crippen LogP) is 3.57. The first-order valence-electron chi connectivity index (χ1n) is 9.43. The molecule has 0 N–H and O–H groups in total. The predicted molar refractivity (Wildman–Crippen MR) is 111 cm³/mol. The first-order chi connectivity index (χ1) is 16.1. The van der Waals surface area contributed by atoms with Crippen LogP contribution in [0.1, 0.15) is 16.1 Å². The third kappa shape index (κ3) is 4.16. The summed E-state index contributed by atoms with van der Waals surface area (Å²) in [5, 5.41) is 26.1. The summed E-state index contributed by atoms with van der Waals surface area (Å²) in [7, 11) is 0. The van der Waals surface area contributed by atoms with Gasteiger partial charge in [0.25, 0.3) is 11.6 Å². The monoisotopic (exact) mass is 470 g/mol. The molecule has 0 radical (unpaired) electrons. The number of alkyl halides is 3. The summed E-state index contributed by atoms with van der Waals surface area (Å²) in [6.07, 6.45) is -4.20. The number of hydrogen-bond donors (Lipinski definition) is 0. The lowest BCUT2D eigenvalue weighted by Crippen LogP contribution is -2.26. The highest BCUT2D eigenvalue weighted by atomic mass is 19.4. The number of carbonyl (C=O) groups is 2. The lowest BCUT2D eigenvalue weighted by Gasteiger charge is -2.13. The Bertz CT molecular complexity index is 1390. The van der Waals surface area contributed by atoms with Crippen molar-refractivity contribution in [1.82, 2.24) is 0 Å². The van der Waals surface area contributed by atoms with Crippen LogP contribution in [0.15, 0.2) is 75.8 Å². The van der Waals surface area contributed by atoms with E-state index in [1.165, 1.54) is 48.5 Å². The maximum Gasteiger partial charge on any atom is 0.435 e. The molecule has 2 aromatic carbocycles. The molecule has 0 saturated carbocycles. The Morgan fingerprint density at radius 2 is 1.82 bits per heavy atom. The van der Waals surface area contributed by atoms with Crippen LogP contribution in [0, 0.1) is 10.1 Å². The van der Waals surface area contributed by atoms with Gasteiger partial charge >= 0.3 is 6.18 Å². The van der Waals surface area contributed by atoms with E-state index in [1.54, 1.807) is 0 Å². The third-order valence-electron chi connectivity index (χ3n) is 4.75. The molecular formula is C22H11F3N3O6-. The van der Waals surface area contributed by atoms with Crippen molar-refractivity contribution >= 4 is 35.0 Å². The zero-order chi connectivity index (χ0) is 24.6. The SMILES string of the molecule is O=C([O-])c1cccc(N2N=C(C(F)(F)F)/C(=C\c3ccc(-c4ccccc4[N+](=O)[O-])o3)C2=O)c1. The van der Waals surface area contributed by atoms with Gasteiger partial charge in [-0.1, -0.05) is 24.3 Å². The lowest BCUT2D eigenvalue weighted by atomic mass is 10.1.